The summed E-state index contributed by atoms with van der Waals surface area (Å²) in [6, 6.07) is 6.57. The van der Waals surface area contributed by atoms with Gasteiger partial charge in [-0.05, 0) is 18.6 Å². The van der Waals surface area contributed by atoms with Crippen LogP contribution < -0.4 is 10.6 Å². The number of hydrogen-bond acceptors (Lipinski definition) is 2. The SMILES string of the molecule is CC(N)c1ccccc1N(C)CC(F)(F)F. The molecule has 2 nitrogen and oxygen atoms in total. The Morgan fingerprint density at radius 1 is 1.31 bits per heavy atom. The molecule has 5 heteroatoms. The van der Waals surface area contributed by atoms with Gasteiger partial charge in [-0.2, -0.15) is 13.2 Å². The lowest BCUT2D eigenvalue weighted by Crippen LogP contribution is -2.32. The predicted molar refractivity (Wildman–Crippen MR) is 58.4 cm³/mol. The zero-order valence-electron chi connectivity index (χ0n) is 9.25. The van der Waals surface area contributed by atoms with E-state index in [1.807, 2.05) is 0 Å². The highest BCUT2D eigenvalue weighted by molar-refractivity contribution is 5.54. The Morgan fingerprint density at radius 3 is 2.38 bits per heavy atom. The third-order valence-electron chi connectivity index (χ3n) is 2.26. The molecule has 0 bridgehead atoms. The van der Waals surface area contributed by atoms with Crippen LogP contribution in [-0.4, -0.2) is 19.8 Å². The first-order valence-corrected chi connectivity index (χ1v) is 4.93. The van der Waals surface area contributed by atoms with E-state index in [0.717, 1.165) is 0 Å². The maximum Gasteiger partial charge on any atom is 0.405 e. The number of nitrogens with zero attached hydrogens (tertiary/aromatic N) is 1. The van der Waals surface area contributed by atoms with E-state index < -0.39 is 12.7 Å². The summed E-state index contributed by atoms with van der Waals surface area (Å²) in [6.45, 7) is 0.775. The van der Waals surface area contributed by atoms with Gasteiger partial charge in [-0.25, -0.2) is 0 Å². The van der Waals surface area contributed by atoms with Gasteiger partial charge in [-0.1, -0.05) is 18.2 Å². The molecule has 0 fully saturated rings. The van der Waals surface area contributed by atoms with Gasteiger partial charge in [0.1, 0.15) is 6.54 Å². The molecule has 0 heterocycles. The summed E-state index contributed by atoms with van der Waals surface area (Å²) in [4.78, 5) is 1.17. The normalized spacial score (nSPS) is 13.6. The van der Waals surface area contributed by atoms with E-state index in [1.54, 1.807) is 31.2 Å². The highest BCUT2D eigenvalue weighted by Gasteiger charge is 2.30. The van der Waals surface area contributed by atoms with E-state index >= 15 is 0 Å². The minimum Gasteiger partial charge on any atom is -0.365 e. The Labute approximate surface area is 92.9 Å². The van der Waals surface area contributed by atoms with Crippen LogP contribution in [0.4, 0.5) is 18.9 Å². The molecule has 0 aliphatic rings. The van der Waals surface area contributed by atoms with Gasteiger partial charge in [-0.15, -0.1) is 0 Å². The molecule has 1 rings (SSSR count). The van der Waals surface area contributed by atoms with E-state index in [-0.39, 0.29) is 6.04 Å². The monoisotopic (exact) mass is 232 g/mol. The van der Waals surface area contributed by atoms with E-state index in [2.05, 4.69) is 0 Å². The fourth-order valence-electron chi connectivity index (χ4n) is 1.57. The van der Waals surface area contributed by atoms with Crippen LogP contribution in [0.5, 0.6) is 0 Å². The lowest BCUT2D eigenvalue weighted by atomic mass is 10.1. The van der Waals surface area contributed by atoms with Crippen molar-refractivity contribution in [2.45, 2.75) is 19.1 Å². The molecule has 2 N–H and O–H groups in total. The zero-order chi connectivity index (χ0) is 12.3. The summed E-state index contributed by atoms with van der Waals surface area (Å²) in [5, 5.41) is 0. The van der Waals surface area contributed by atoms with Crippen molar-refractivity contribution in [2.75, 3.05) is 18.5 Å². The van der Waals surface area contributed by atoms with E-state index in [9.17, 15) is 13.2 Å². The van der Waals surface area contributed by atoms with E-state index in [4.69, 9.17) is 5.73 Å². The van der Waals surface area contributed by atoms with Gasteiger partial charge in [0.15, 0.2) is 0 Å². The summed E-state index contributed by atoms with van der Waals surface area (Å²) in [5.74, 6) is 0. The summed E-state index contributed by atoms with van der Waals surface area (Å²) in [7, 11) is 1.41. The maximum atomic E-state index is 12.3. The average molecular weight is 232 g/mol. The molecule has 0 amide bonds. The van der Waals surface area contributed by atoms with Gasteiger partial charge in [0.2, 0.25) is 0 Å². The van der Waals surface area contributed by atoms with E-state index in [1.165, 1.54) is 11.9 Å². The number of hydrogen-bond donors (Lipinski definition) is 1. The van der Waals surface area contributed by atoms with Crippen LogP contribution in [0.25, 0.3) is 0 Å². The van der Waals surface area contributed by atoms with Crippen LogP contribution in [0.3, 0.4) is 0 Å². The van der Waals surface area contributed by atoms with Crippen LogP contribution in [0.15, 0.2) is 24.3 Å². The fraction of sp³-hybridized carbons (Fsp3) is 0.455. The standard InChI is InChI=1S/C11H15F3N2/c1-8(15)9-5-3-4-6-10(9)16(2)7-11(12,13)14/h3-6,8H,7,15H2,1-2H3. The van der Waals surface area contributed by atoms with Gasteiger partial charge in [0.05, 0.1) is 0 Å². The number of benzene rings is 1. The number of halogens is 3. The van der Waals surface area contributed by atoms with Crippen molar-refractivity contribution < 1.29 is 13.2 Å². The Balaban J connectivity index is 2.95. The predicted octanol–water partition coefficient (Wildman–Crippen LogP) is 2.70. The smallest absolute Gasteiger partial charge is 0.365 e. The Bertz CT molecular complexity index is 347. The third kappa shape index (κ3) is 3.41. The minimum absolute atomic E-state index is 0.285. The molecule has 1 unspecified atom stereocenters. The van der Waals surface area contributed by atoms with Crippen LogP contribution in [-0.2, 0) is 0 Å². The average Bonchev–Trinajstić information content (AvgIpc) is 2.15. The summed E-state index contributed by atoms with van der Waals surface area (Å²) >= 11 is 0. The molecule has 90 valence electrons. The zero-order valence-corrected chi connectivity index (χ0v) is 9.25. The minimum atomic E-state index is -4.21. The molecule has 0 spiro atoms. The Hall–Kier alpha value is -1.23. The van der Waals surface area contributed by atoms with Crippen molar-refractivity contribution in [1.29, 1.82) is 0 Å². The van der Waals surface area contributed by atoms with Gasteiger partial charge in [-0.3, -0.25) is 0 Å². The highest BCUT2D eigenvalue weighted by atomic mass is 19.4. The molecule has 1 aromatic carbocycles. The van der Waals surface area contributed by atoms with Crippen LogP contribution in [0, 0.1) is 0 Å². The van der Waals surface area contributed by atoms with Crippen molar-refractivity contribution in [3.63, 3.8) is 0 Å². The van der Waals surface area contributed by atoms with Crippen molar-refractivity contribution in [3.05, 3.63) is 29.8 Å². The Kier molecular flexibility index (Phi) is 3.80. The summed E-state index contributed by atoms with van der Waals surface area (Å²) in [5.41, 5.74) is 6.95. The number of anilines is 1. The van der Waals surface area contributed by atoms with Crippen molar-refractivity contribution >= 4 is 5.69 Å². The van der Waals surface area contributed by atoms with Crippen molar-refractivity contribution in [3.8, 4) is 0 Å². The molecule has 0 saturated carbocycles. The molecule has 0 radical (unpaired) electrons. The highest BCUT2D eigenvalue weighted by Crippen LogP contribution is 2.26. The molecule has 0 aliphatic heterocycles. The number of alkyl halides is 3. The largest absolute Gasteiger partial charge is 0.405 e. The van der Waals surface area contributed by atoms with Crippen molar-refractivity contribution in [2.24, 2.45) is 5.73 Å². The lowest BCUT2D eigenvalue weighted by molar-refractivity contribution is -0.119. The van der Waals surface area contributed by atoms with Gasteiger partial charge in [0.25, 0.3) is 0 Å². The quantitative estimate of drug-likeness (QED) is 0.868. The first-order chi connectivity index (χ1) is 7.31. The molecular weight excluding hydrogens is 217 g/mol. The second kappa shape index (κ2) is 4.74. The third-order valence-corrected chi connectivity index (χ3v) is 2.26. The second-order valence-corrected chi connectivity index (χ2v) is 3.82. The van der Waals surface area contributed by atoms with Crippen molar-refractivity contribution in [1.82, 2.24) is 0 Å². The maximum absolute atomic E-state index is 12.3. The Morgan fingerprint density at radius 2 is 1.88 bits per heavy atom. The molecule has 16 heavy (non-hydrogen) atoms. The molecule has 0 aromatic heterocycles. The first-order valence-electron chi connectivity index (χ1n) is 4.93. The number of nitrogens with two attached hydrogens (primary N) is 1. The second-order valence-electron chi connectivity index (χ2n) is 3.82. The molecule has 1 aromatic rings. The van der Waals surface area contributed by atoms with Gasteiger partial charge in [0, 0.05) is 18.8 Å². The summed E-state index contributed by atoms with van der Waals surface area (Å²) < 4.78 is 36.8. The fourth-order valence-corrected chi connectivity index (χ4v) is 1.57. The molecular formula is C11H15F3N2. The number of rotatable bonds is 3. The topological polar surface area (TPSA) is 29.3 Å². The lowest BCUT2D eigenvalue weighted by Gasteiger charge is -2.24. The molecule has 1 atom stereocenters. The summed E-state index contributed by atoms with van der Waals surface area (Å²) in [6.07, 6.45) is -4.21. The molecule has 0 saturated heterocycles. The number of para-hydroxylation sites is 1. The molecule has 0 aliphatic carbocycles. The van der Waals surface area contributed by atoms with Crippen LogP contribution in [0.2, 0.25) is 0 Å². The van der Waals surface area contributed by atoms with Gasteiger partial charge < -0.3 is 10.6 Å². The van der Waals surface area contributed by atoms with E-state index in [0.29, 0.717) is 11.3 Å². The van der Waals surface area contributed by atoms with Crippen LogP contribution >= 0.6 is 0 Å². The first kappa shape index (κ1) is 12.8. The van der Waals surface area contributed by atoms with Crippen LogP contribution in [0.1, 0.15) is 18.5 Å². The van der Waals surface area contributed by atoms with Gasteiger partial charge >= 0.3 is 6.18 Å².